The van der Waals surface area contributed by atoms with Crippen molar-refractivity contribution in [1.29, 1.82) is 0 Å². The van der Waals surface area contributed by atoms with Crippen molar-refractivity contribution in [1.82, 2.24) is 10.6 Å². The van der Waals surface area contributed by atoms with Crippen molar-refractivity contribution >= 4 is 23.8 Å². The van der Waals surface area contributed by atoms with Crippen LogP contribution in [0.2, 0.25) is 0 Å². The first-order valence-corrected chi connectivity index (χ1v) is 17.6. The summed E-state index contributed by atoms with van der Waals surface area (Å²) in [5, 5.41) is 23.4. The van der Waals surface area contributed by atoms with Crippen molar-refractivity contribution in [2.75, 3.05) is 46.2 Å². The molecule has 1 atom stereocenters. The summed E-state index contributed by atoms with van der Waals surface area (Å²) in [5.41, 5.74) is 0. The highest BCUT2D eigenvalue weighted by Gasteiger charge is 2.20. The van der Waals surface area contributed by atoms with E-state index >= 15 is 0 Å². The predicted molar refractivity (Wildman–Crippen MR) is 175 cm³/mol. The Labute approximate surface area is 271 Å². The molecule has 0 aromatic rings. The molecule has 0 spiro atoms. The molecule has 0 bridgehead atoms. The van der Waals surface area contributed by atoms with Crippen LogP contribution in [-0.2, 0) is 33.4 Å². The Hall–Kier alpha value is -2.24. The minimum Gasteiger partial charge on any atom is -0.481 e. The molecule has 0 saturated carbocycles. The van der Waals surface area contributed by atoms with E-state index in [0.29, 0.717) is 52.4 Å². The van der Waals surface area contributed by atoms with Gasteiger partial charge in [-0.3, -0.25) is 14.4 Å². The van der Waals surface area contributed by atoms with Crippen molar-refractivity contribution in [3.05, 3.63) is 0 Å². The number of carboxylic acid groups (broad SMARTS) is 2. The number of aliphatic carboxylic acids is 2. The third-order valence-electron chi connectivity index (χ3n) is 7.51. The molecule has 45 heavy (non-hydrogen) atoms. The summed E-state index contributed by atoms with van der Waals surface area (Å²) in [5.74, 6) is -2.36. The number of carbonyl (C=O) groups excluding carboxylic acids is 2. The average Bonchev–Trinajstić information content (AvgIpc) is 3.01. The van der Waals surface area contributed by atoms with Gasteiger partial charge >= 0.3 is 11.9 Å². The van der Waals surface area contributed by atoms with Gasteiger partial charge in [0.2, 0.25) is 11.8 Å². The molecule has 0 aliphatic heterocycles. The number of ether oxygens (including phenoxy) is 3. The minimum atomic E-state index is -1.13. The van der Waals surface area contributed by atoms with Gasteiger partial charge in [-0.15, -0.1) is 0 Å². The van der Waals surface area contributed by atoms with Gasteiger partial charge in [-0.1, -0.05) is 90.4 Å². The zero-order valence-corrected chi connectivity index (χ0v) is 28.1. The van der Waals surface area contributed by atoms with Gasteiger partial charge in [0, 0.05) is 39.0 Å². The maximum atomic E-state index is 12.2. The number of hydrogen-bond donors (Lipinski definition) is 4. The summed E-state index contributed by atoms with van der Waals surface area (Å²) in [6.45, 7) is 5.92. The Morgan fingerprint density at radius 1 is 0.533 bits per heavy atom. The van der Waals surface area contributed by atoms with E-state index in [2.05, 4.69) is 17.6 Å². The van der Waals surface area contributed by atoms with Crippen LogP contribution in [0.25, 0.3) is 0 Å². The fourth-order valence-corrected chi connectivity index (χ4v) is 4.76. The Morgan fingerprint density at radius 2 is 0.978 bits per heavy atom. The van der Waals surface area contributed by atoms with Crippen molar-refractivity contribution in [3.63, 3.8) is 0 Å². The molecule has 0 aliphatic rings. The Kier molecular flexibility index (Phi) is 31.5. The highest BCUT2D eigenvalue weighted by atomic mass is 16.5. The van der Waals surface area contributed by atoms with Crippen LogP contribution in [0.5, 0.6) is 0 Å². The zero-order chi connectivity index (χ0) is 33.2. The first kappa shape index (κ1) is 42.8. The zero-order valence-electron chi connectivity index (χ0n) is 28.1. The van der Waals surface area contributed by atoms with Gasteiger partial charge in [-0.2, -0.15) is 0 Å². The molecule has 11 nitrogen and oxygen atoms in total. The standard InChI is InChI=1S/C34H64N2O9/c1-2-3-24-43-26-28-45-29-27-44-25-18-23-35-31(37)22-21-30(34(41)42)36-32(38)19-16-14-12-10-8-6-4-5-7-9-11-13-15-17-20-33(39)40/h30H,2-29H2,1H3,(H,35,37)(H,36,38)(H,39,40)(H,41,42)/t30-/m0/s1. The van der Waals surface area contributed by atoms with E-state index in [4.69, 9.17) is 19.3 Å². The van der Waals surface area contributed by atoms with Gasteiger partial charge in [0.1, 0.15) is 6.04 Å². The van der Waals surface area contributed by atoms with E-state index in [-0.39, 0.29) is 31.1 Å². The van der Waals surface area contributed by atoms with Crippen LogP contribution < -0.4 is 10.6 Å². The molecule has 0 saturated heterocycles. The van der Waals surface area contributed by atoms with Crippen LogP contribution in [0, 0.1) is 0 Å². The Bertz CT molecular complexity index is 736. The summed E-state index contributed by atoms with van der Waals surface area (Å²) in [6.07, 6.45) is 18.9. The summed E-state index contributed by atoms with van der Waals surface area (Å²) in [7, 11) is 0. The van der Waals surface area contributed by atoms with E-state index in [0.717, 1.165) is 64.4 Å². The second-order valence-corrected chi connectivity index (χ2v) is 11.7. The lowest BCUT2D eigenvalue weighted by atomic mass is 10.0. The van der Waals surface area contributed by atoms with E-state index < -0.39 is 18.0 Å². The molecule has 11 heteroatoms. The molecule has 2 amide bonds. The second-order valence-electron chi connectivity index (χ2n) is 11.7. The van der Waals surface area contributed by atoms with Gasteiger partial charge in [-0.05, 0) is 32.1 Å². The van der Waals surface area contributed by atoms with Gasteiger partial charge in [0.25, 0.3) is 0 Å². The lowest BCUT2D eigenvalue weighted by Gasteiger charge is -2.14. The van der Waals surface area contributed by atoms with Crippen LogP contribution in [-0.4, -0.2) is 86.2 Å². The number of unbranched alkanes of at least 4 members (excludes halogenated alkanes) is 14. The van der Waals surface area contributed by atoms with Crippen molar-refractivity contribution in [2.45, 2.75) is 148 Å². The van der Waals surface area contributed by atoms with Crippen LogP contribution >= 0.6 is 0 Å². The van der Waals surface area contributed by atoms with Crippen LogP contribution in [0.1, 0.15) is 142 Å². The van der Waals surface area contributed by atoms with E-state index in [9.17, 15) is 24.3 Å². The summed E-state index contributed by atoms with van der Waals surface area (Å²) >= 11 is 0. The Balaban J connectivity index is 3.62. The number of carboxylic acids is 2. The topological polar surface area (TPSA) is 160 Å². The van der Waals surface area contributed by atoms with Crippen LogP contribution in [0.3, 0.4) is 0 Å². The van der Waals surface area contributed by atoms with Crippen molar-refractivity contribution < 1.29 is 43.6 Å². The molecule has 0 fully saturated rings. The number of nitrogens with one attached hydrogen (secondary N) is 2. The largest absolute Gasteiger partial charge is 0.481 e. The van der Waals surface area contributed by atoms with E-state index in [1.807, 2.05) is 0 Å². The third kappa shape index (κ3) is 33.0. The molecular formula is C34H64N2O9. The molecule has 4 N–H and O–H groups in total. The normalized spacial score (nSPS) is 11.8. The lowest BCUT2D eigenvalue weighted by molar-refractivity contribution is -0.142. The van der Waals surface area contributed by atoms with Crippen molar-refractivity contribution in [3.8, 4) is 0 Å². The van der Waals surface area contributed by atoms with Gasteiger partial charge in [0.15, 0.2) is 0 Å². The molecule has 0 aromatic heterocycles. The first-order chi connectivity index (χ1) is 21.9. The molecule has 0 rings (SSSR count). The highest BCUT2D eigenvalue weighted by Crippen LogP contribution is 2.14. The maximum absolute atomic E-state index is 12.2. The molecule has 264 valence electrons. The summed E-state index contributed by atoms with van der Waals surface area (Å²) in [6, 6.07) is -1.07. The molecule has 0 aliphatic carbocycles. The van der Waals surface area contributed by atoms with Gasteiger partial charge in [0.05, 0.1) is 26.4 Å². The quantitative estimate of drug-likeness (QED) is 0.0605. The molecule has 0 aromatic carbocycles. The third-order valence-corrected chi connectivity index (χ3v) is 7.51. The monoisotopic (exact) mass is 644 g/mol. The smallest absolute Gasteiger partial charge is 0.326 e. The van der Waals surface area contributed by atoms with Crippen molar-refractivity contribution in [2.24, 2.45) is 0 Å². The fraction of sp³-hybridized carbons (Fsp3) is 0.882. The summed E-state index contributed by atoms with van der Waals surface area (Å²) in [4.78, 5) is 46.4. The second kappa shape index (κ2) is 33.1. The van der Waals surface area contributed by atoms with Gasteiger partial charge < -0.3 is 35.1 Å². The lowest BCUT2D eigenvalue weighted by Crippen LogP contribution is -2.41. The summed E-state index contributed by atoms with van der Waals surface area (Å²) < 4.78 is 16.3. The molecule has 0 heterocycles. The average molecular weight is 645 g/mol. The van der Waals surface area contributed by atoms with Crippen LogP contribution in [0.4, 0.5) is 0 Å². The maximum Gasteiger partial charge on any atom is 0.326 e. The predicted octanol–water partition coefficient (Wildman–Crippen LogP) is 6.02. The van der Waals surface area contributed by atoms with E-state index in [1.54, 1.807) is 0 Å². The number of carbonyl (C=O) groups is 4. The molecule has 0 unspecified atom stereocenters. The highest BCUT2D eigenvalue weighted by molar-refractivity contribution is 5.84. The Morgan fingerprint density at radius 3 is 1.44 bits per heavy atom. The number of hydrogen-bond acceptors (Lipinski definition) is 7. The van der Waals surface area contributed by atoms with E-state index in [1.165, 1.54) is 44.9 Å². The fourth-order valence-electron chi connectivity index (χ4n) is 4.76. The SMILES string of the molecule is CCCCOCCOCCOCCCNC(=O)CC[C@H](NC(=O)CCCCCCCCCCCCCCCCC(=O)O)C(=O)O. The number of amides is 2. The minimum absolute atomic E-state index is 0.0286. The van der Waals surface area contributed by atoms with Gasteiger partial charge in [-0.25, -0.2) is 4.79 Å². The van der Waals surface area contributed by atoms with Crippen LogP contribution in [0.15, 0.2) is 0 Å². The molecule has 0 radical (unpaired) electrons. The number of rotatable bonds is 35. The first-order valence-electron chi connectivity index (χ1n) is 17.6. The molecular weight excluding hydrogens is 580 g/mol.